The first kappa shape index (κ1) is 27.5. The zero-order valence-electron chi connectivity index (χ0n) is 21.6. The Balaban J connectivity index is 1.39. The predicted molar refractivity (Wildman–Crippen MR) is 140 cm³/mol. The number of ether oxygens (including phenoxy) is 2. The van der Waals surface area contributed by atoms with Crippen LogP contribution in [-0.2, 0) is 33.7 Å². The number of rotatable bonds is 8. The first-order valence-electron chi connectivity index (χ1n) is 13.4. The Hall–Kier alpha value is -3.02. The van der Waals surface area contributed by atoms with Gasteiger partial charge in [0, 0.05) is 32.0 Å². The molecule has 3 fully saturated rings. The highest BCUT2D eigenvalue weighted by molar-refractivity contribution is 7.92. The Morgan fingerprint density at radius 3 is 2.33 bits per heavy atom. The molecule has 2 aromatic carbocycles. The predicted octanol–water partition coefficient (Wildman–Crippen LogP) is 3.83. The monoisotopic (exact) mass is 560 g/mol. The number of benzene rings is 2. The van der Waals surface area contributed by atoms with Crippen molar-refractivity contribution in [3.8, 4) is 11.5 Å². The molecule has 0 bridgehead atoms. The summed E-state index contributed by atoms with van der Waals surface area (Å²) >= 11 is 0. The summed E-state index contributed by atoms with van der Waals surface area (Å²) in [5, 5.41) is 0. The average Bonchev–Trinajstić information content (AvgIpc) is 3.79. The van der Waals surface area contributed by atoms with E-state index in [0.29, 0.717) is 30.1 Å². The van der Waals surface area contributed by atoms with Crippen molar-refractivity contribution >= 4 is 21.7 Å². The van der Waals surface area contributed by atoms with E-state index in [2.05, 4.69) is 5.48 Å². The summed E-state index contributed by atoms with van der Waals surface area (Å²) in [6.07, 6.45) is 3.25. The first-order valence-corrected chi connectivity index (χ1v) is 15.0. The fourth-order valence-electron chi connectivity index (χ4n) is 5.14. The summed E-state index contributed by atoms with van der Waals surface area (Å²) < 4.78 is 50.7. The van der Waals surface area contributed by atoms with Gasteiger partial charge in [-0.2, -0.15) is 0 Å². The van der Waals surface area contributed by atoms with E-state index in [0.717, 1.165) is 25.7 Å². The molecule has 39 heavy (non-hydrogen) atoms. The second-order valence-electron chi connectivity index (χ2n) is 10.4. The number of hydrogen-bond acceptors (Lipinski definition) is 7. The molecule has 0 radical (unpaired) electrons. The van der Waals surface area contributed by atoms with Gasteiger partial charge in [-0.25, -0.2) is 23.1 Å². The van der Waals surface area contributed by atoms with Crippen LogP contribution in [0.1, 0.15) is 50.5 Å². The lowest BCUT2D eigenvalue weighted by Gasteiger charge is -2.32. The van der Waals surface area contributed by atoms with Crippen molar-refractivity contribution in [2.75, 3.05) is 25.4 Å². The zero-order chi connectivity index (χ0) is 27.5. The van der Waals surface area contributed by atoms with E-state index in [-0.39, 0.29) is 49.3 Å². The van der Waals surface area contributed by atoms with E-state index in [4.69, 9.17) is 14.3 Å². The summed E-state index contributed by atoms with van der Waals surface area (Å²) in [5.41, 5.74) is 2.83. The summed E-state index contributed by atoms with van der Waals surface area (Å²) in [5.74, 6) is -0.414. The van der Waals surface area contributed by atoms with Crippen LogP contribution < -0.4 is 10.2 Å². The molecule has 2 unspecified atom stereocenters. The van der Waals surface area contributed by atoms with Crippen molar-refractivity contribution in [3.63, 3.8) is 0 Å². The number of hydroxylamine groups is 1. The van der Waals surface area contributed by atoms with Gasteiger partial charge in [0.25, 0.3) is 0 Å². The molecule has 0 aromatic heterocycles. The van der Waals surface area contributed by atoms with Gasteiger partial charge in [0.05, 0.1) is 12.2 Å². The first-order chi connectivity index (χ1) is 18.8. The Morgan fingerprint density at radius 2 is 1.69 bits per heavy atom. The minimum atomic E-state index is -3.89. The number of halogens is 1. The number of nitrogens with zero attached hydrogens (tertiary/aromatic N) is 1. The lowest BCUT2D eigenvalue weighted by molar-refractivity contribution is -0.200. The maximum Gasteiger partial charge on any atom is 0.245 e. The highest BCUT2D eigenvalue weighted by Crippen LogP contribution is 2.42. The summed E-state index contributed by atoms with van der Waals surface area (Å²) in [6, 6.07) is 12.1. The molecule has 2 saturated heterocycles. The van der Waals surface area contributed by atoms with Crippen LogP contribution in [0.25, 0.3) is 0 Å². The molecule has 1 saturated carbocycles. The van der Waals surface area contributed by atoms with E-state index >= 15 is 0 Å². The van der Waals surface area contributed by atoms with Crippen LogP contribution in [-0.4, -0.2) is 56.9 Å². The van der Waals surface area contributed by atoms with Crippen molar-refractivity contribution in [3.05, 3.63) is 59.9 Å². The number of nitrogens with one attached hydrogen (secondary N) is 1. The lowest BCUT2D eigenvalue weighted by Crippen LogP contribution is -2.43. The Labute approximate surface area is 227 Å². The molecule has 2 amide bonds. The molecule has 3 aliphatic rings. The smallest absolute Gasteiger partial charge is 0.245 e. The molecule has 210 valence electrons. The molecule has 2 aromatic rings. The molecule has 2 atom stereocenters. The van der Waals surface area contributed by atoms with Gasteiger partial charge in [-0.3, -0.25) is 9.59 Å². The largest absolute Gasteiger partial charge is 0.457 e. The van der Waals surface area contributed by atoms with Gasteiger partial charge in [0.15, 0.2) is 16.1 Å². The molecule has 1 aliphatic carbocycles. The molecular weight excluding hydrogens is 527 g/mol. The van der Waals surface area contributed by atoms with Crippen molar-refractivity contribution in [2.24, 2.45) is 5.92 Å². The second-order valence-corrected chi connectivity index (χ2v) is 12.8. The number of hydrogen-bond donors (Lipinski definition) is 1. The molecule has 0 spiro atoms. The van der Waals surface area contributed by atoms with E-state index in [1.807, 2.05) is 0 Å². The van der Waals surface area contributed by atoms with E-state index in [9.17, 15) is 22.4 Å². The standard InChI is InChI=1S/C28H33FN2O7S/c29-22-8-12-24(13-9-22)37-23-10-6-21(7-11-23)28(19-25(32)30-38-26-3-1-2-17-36-26)14-15-31(16-18-39(28,34)35)27(33)20-4-5-20/h6-13,20,26H,1-5,14-19H2,(H,30,32). The average molecular weight is 561 g/mol. The molecule has 9 nitrogen and oxygen atoms in total. The van der Waals surface area contributed by atoms with Crippen LogP contribution in [0.3, 0.4) is 0 Å². The Morgan fingerprint density at radius 1 is 1.00 bits per heavy atom. The van der Waals surface area contributed by atoms with E-state index < -0.39 is 26.8 Å². The van der Waals surface area contributed by atoms with E-state index in [1.165, 1.54) is 24.3 Å². The SMILES string of the molecule is O=C(CC1(c2ccc(Oc3ccc(F)cc3)cc2)CCN(C(=O)C2CC2)CCS1(=O)=O)NOC1CCCCO1. The highest BCUT2D eigenvalue weighted by atomic mass is 32.2. The van der Waals surface area contributed by atoms with Crippen LogP contribution in [0.5, 0.6) is 11.5 Å². The minimum Gasteiger partial charge on any atom is -0.457 e. The third kappa shape index (κ3) is 6.42. The van der Waals surface area contributed by atoms with Gasteiger partial charge in [0.1, 0.15) is 22.1 Å². The van der Waals surface area contributed by atoms with Crippen molar-refractivity contribution < 1.29 is 36.7 Å². The second kappa shape index (κ2) is 11.6. The number of amides is 2. The highest BCUT2D eigenvalue weighted by Gasteiger charge is 2.49. The quantitative estimate of drug-likeness (QED) is 0.489. The van der Waals surface area contributed by atoms with Crippen LogP contribution in [0.15, 0.2) is 48.5 Å². The Bertz CT molecular complexity index is 1280. The normalized spacial score (nSPS) is 24.9. The molecule has 2 heterocycles. The molecule has 1 N–H and O–H groups in total. The number of sulfone groups is 1. The van der Waals surface area contributed by atoms with Gasteiger partial charge in [-0.15, -0.1) is 0 Å². The molecule has 11 heteroatoms. The van der Waals surface area contributed by atoms with Crippen LogP contribution in [0.2, 0.25) is 0 Å². The van der Waals surface area contributed by atoms with Crippen molar-refractivity contribution in [1.82, 2.24) is 10.4 Å². The number of carbonyl (C=O) groups is 2. The van der Waals surface area contributed by atoms with Crippen molar-refractivity contribution in [1.29, 1.82) is 0 Å². The summed E-state index contributed by atoms with van der Waals surface area (Å²) in [7, 11) is -3.89. The Kier molecular flexibility index (Phi) is 8.20. The zero-order valence-corrected chi connectivity index (χ0v) is 22.5. The van der Waals surface area contributed by atoms with Gasteiger partial charge in [0.2, 0.25) is 11.8 Å². The molecular formula is C28H33FN2O7S. The third-order valence-electron chi connectivity index (χ3n) is 7.57. The molecule has 2 aliphatic heterocycles. The van der Waals surface area contributed by atoms with E-state index in [1.54, 1.807) is 29.2 Å². The van der Waals surface area contributed by atoms with Gasteiger partial charge in [-0.1, -0.05) is 12.1 Å². The summed E-state index contributed by atoms with van der Waals surface area (Å²) in [4.78, 5) is 32.9. The van der Waals surface area contributed by atoms with Crippen LogP contribution in [0.4, 0.5) is 4.39 Å². The minimum absolute atomic E-state index is 0.0220. The van der Waals surface area contributed by atoms with Gasteiger partial charge in [-0.05, 0) is 74.1 Å². The maximum atomic E-state index is 13.9. The number of carbonyl (C=O) groups excluding carboxylic acids is 2. The fraction of sp³-hybridized carbons (Fsp3) is 0.500. The topological polar surface area (TPSA) is 111 Å². The maximum absolute atomic E-state index is 13.9. The van der Waals surface area contributed by atoms with Crippen LogP contribution in [0, 0.1) is 11.7 Å². The van der Waals surface area contributed by atoms with Crippen molar-refractivity contribution in [2.45, 2.75) is 56.0 Å². The van der Waals surface area contributed by atoms with Crippen LogP contribution >= 0.6 is 0 Å². The lowest BCUT2D eigenvalue weighted by atomic mass is 9.90. The fourth-order valence-corrected chi connectivity index (χ4v) is 7.24. The summed E-state index contributed by atoms with van der Waals surface area (Å²) in [6.45, 7) is 0.859. The van der Waals surface area contributed by atoms with Gasteiger partial charge >= 0.3 is 0 Å². The third-order valence-corrected chi connectivity index (χ3v) is 10.1. The van der Waals surface area contributed by atoms with Gasteiger partial charge < -0.3 is 14.4 Å². The molecule has 5 rings (SSSR count).